The molecular formula is C43H78NO7+. The molecule has 0 rings (SSSR count). The zero-order valence-corrected chi connectivity index (χ0v) is 33.6. The van der Waals surface area contributed by atoms with Gasteiger partial charge in [0.2, 0.25) is 0 Å². The molecule has 0 aromatic heterocycles. The fraction of sp³-hybridized carbons (Fsp3) is 0.791. The fourth-order valence-corrected chi connectivity index (χ4v) is 5.87. The Hall–Kier alpha value is -2.45. The topological polar surface area (TPSA) is 99.1 Å². The van der Waals surface area contributed by atoms with Crippen LogP contribution in [0.15, 0.2) is 36.5 Å². The van der Waals surface area contributed by atoms with Gasteiger partial charge in [0.25, 0.3) is 0 Å². The lowest BCUT2D eigenvalue weighted by molar-refractivity contribution is -0.887. The molecule has 8 nitrogen and oxygen atoms in total. The number of carbonyl (C=O) groups is 3. The van der Waals surface area contributed by atoms with E-state index in [-0.39, 0.29) is 36.2 Å². The number of rotatable bonds is 36. The summed E-state index contributed by atoms with van der Waals surface area (Å²) in [6, 6.07) is -0.615. The van der Waals surface area contributed by atoms with Crippen LogP contribution in [0.25, 0.3) is 0 Å². The predicted octanol–water partition coefficient (Wildman–Crippen LogP) is 10.7. The summed E-state index contributed by atoms with van der Waals surface area (Å²) in [5.41, 5.74) is 0. The molecule has 0 saturated carbocycles. The van der Waals surface area contributed by atoms with E-state index in [0.29, 0.717) is 19.3 Å². The van der Waals surface area contributed by atoms with Crippen molar-refractivity contribution >= 4 is 17.9 Å². The summed E-state index contributed by atoms with van der Waals surface area (Å²) in [5.74, 6) is -1.49. The van der Waals surface area contributed by atoms with Gasteiger partial charge in [-0.1, -0.05) is 140 Å². The third-order valence-corrected chi connectivity index (χ3v) is 9.05. The molecule has 0 radical (unpaired) electrons. The van der Waals surface area contributed by atoms with Gasteiger partial charge in [0.1, 0.15) is 6.61 Å². The van der Waals surface area contributed by atoms with Crippen LogP contribution in [0, 0.1) is 0 Å². The number of nitrogens with zero attached hydrogens (tertiary/aromatic N) is 1. The number of hydrogen-bond acceptors (Lipinski definition) is 6. The van der Waals surface area contributed by atoms with E-state index in [2.05, 4.69) is 50.3 Å². The minimum absolute atomic E-state index is 0.0559. The van der Waals surface area contributed by atoms with E-state index in [1.807, 2.05) is 21.1 Å². The van der Waals surface area contributed by atoms with Crippen molar-refractivity contribution in [3.63, 3.8) is 0 Å². The van der Waals surface area contributed by atoms with E-state index in [4.69, 9.17) is 14.2 Å². The van der Waals surface area contributed by atoms with Crippen molar-refractivity contribution < 1.29 is 38.2 Å². The highest BCUT2D eigenvalue weighted by Gasteiger charge is 2.31. The Morgan fingerprint density at radius 3 is 1.63 bits per heavy atom. The first kappa shape index (κ1) is 48.5. The van der Waals surface area contributed by atoms with E-state index in [1.165, 1.54) is 64.2 Å². The summed E-state index contributed by atoms with van der Waals surface area (Å²) in [6.07, 6.45) is 37.5. The van der Waals surface area contributed by atoms with Gasteiger partial charge in [-0.3, -0.25) is 9.59 Å². The Kier molecular flexibility index (Phi) is 33.0. The lowest BCUT2D eigenvalue weighted by Gasteiger charge is -2.31. The molecule has 1 N–H and O–H groups in total. The third-order valence-electron chi connectivity index (χ3n) is 9.05. The van der Waals surface area contributed by atoms with Gasteiger partial charge in [0.15, 0.2) is 12.1 Å². The van der Waals surface area contributed by atoms with Crippen LogP contribution in [-0.4, -0.2) is 80.6 Å². The number of carboxylic acid groups (broad SMARTS) is 1. The zero-order valence-electron chi connectivity index (χ0n) is 33.6. The number of allylic oxidation sites excluding steroid dienone is 6. The SMILES string of the molecule is CC/C=C/C/C=C/C/C=C/CCCCCCC(=O)OCC(COCCC(C(=O)O)[N+](C)(C)C)OC(=O)CCCCCCCCCCCCCCC. The predicted molar refractivity (Wildman–Crippen MR) is 211 cm³/mol. The van der Waals surface area contributed by atoms with Crippen molar-refractivity contribution in [2.75, 3.05) is 41.0 Å². The maximum absolute atomic E-state index is 12.7. The highest BCUT2D eigenvalue weighted by atomic mass is 16.6. The van der Waals surface area contributed by atoms with E-state index < -0.39 is 18.1 Å². The van der Waals surface area contributed by atoms with Crippen molar-refractivity contribution in [2.24, 2.45) is 0 Å². The molecule has 0 spiro atoms. The van der Waals surface area contributed by atoms with E-state index in [1.54, 1.807) is 0 Å². The van der Waals surface area contributed by atoms with E-state index in [9.17, 15) is 19.5 Å². The Morgan fingerprint density at radius 1 is 0.608 bits per heavy atom. The van der Waals surface area contributed by atoms with Crippen molar-refractivity contribution in [3.8, 4) is 0 Å². The summed E-state index contributed by atoms with van der Waals surface area (Å²) in [5, 5.41) is 9.59. The molecule has 296 valence electrons. The van der Waals surface area contributed by atoms with Crippen molar-refractivity contribution in [2.45, 2.75) is 180 Å². The molecule has 0 heterocycles. The summed E-state index contributed by atoms with van der Waals surface area (Å²) < 4.78 is 17.2. The van der Waals surface area contributed by atoms with E-state index in [0.717, 1.165) is 70.6 Å². The number of carbonyl (C=O) groups excluding carboxylic acids is 2. The Balaban J connectivity index is 4.41. The number of ether oxygens (including phenoxy) is 3. The maximum Gasteiger partial charge on any atom is 0.362 e. The monoisotopic (exact) mass is 721 g/mol. The van der Waals surface area contributed by atoms with Crippen LogP contribution in [0.2, 0.25) is 0 Å². The maximum atomic E-state index is 12.7. The van der Waals surface area contributed by atoms with Crippen LogP contribution in [-0.2, 0) is 28.6 Å². The molecule has 2 atom stereocenters. The molecule has 0 fully saturated rings. The molecule has 0 aliphatic carbocycles. The molecule has 0 aromatic carbocycles. The fourth-order valence-electron chi connectivity index (χ4n) is 5.87. The number of esters is 2. The highest BCUT2D eigenvalue weighted by Crippen LogP contribution is 2.14. The molecule has 0 aromatic rings. The number of unbranched alkanes of at least 4 members (excludes halogenated alkanes) is 16. The van der Waals surface area contributed by atoms with Gasteiger partial charge in [0.05, 0.1) is 34.4 Å². The number of hydrogen-bond donors (Lipinski definition) is 1. The number of likely N-dealkylation sites (N-methyl/N-ethyl adjacent to an activating group) is 1. The quantitative estimate of drug-likeness (QED) is 0.0298. The summed E-state index contributed by atoms with van der Waals surface area (Å²) in [7, 11) is 5.51. The standard InChI is InChI=1S/C43H77NO7/c1-6-8-10-12-14-16-18-20-22-23-25-27-29-31-33-41(45)50-38-39(37-49-36-35-40(43(47)48)44(3,4)5)51-42(46)34-32-30-28-26-24-21-19-17-15-13-11-9-7-2/h8,10,14,16,20,22,39-40H,6-7,9,11-13,15,17-19,21,23-38H2,1-5H3/p+1/b10-8+,16-14+,22-20+. The first-order chi connectivity index (χ1) is 24.6. The number of carboxylic acids is 1. The Bertz CT molecular complexity index is 937. The van der Waals surface area contributed by atoms with Crippen molar-refractivity contribution in [1.82, 2.24) is 0 Å². The smallest absolute Gasteiger partial charge is 0.362 e. The summed E-state index contributed by atoms with van der Waals surface area (Å²) in [6.45, 7) is 4.59. The average Bonchev–Trinajstić information content (AvgIpc) is 3.08. The summed E-state index contributed by atoms with van der Waals surface area (Å²) >= 11 is 0. The molecule has 0 aliphatic rings. The minimum Gasteiger partial charge on any atom is -0.477 e. The van der Waals surface area contributed by atoms with Crippen LogP contribution in [0.5, 0.6) is 0 Å². The van der Waals surface area contributed by atoms with Gasteiger partial charge in [-0.05, 0) is 44.9 Å². The summed E-state index contributed by atoms with van der Waals surface area (Å²) in [4.78, 5) is 36.8. The molecule has 51 heavy (non-hydrogen) atoms. The van der Waals surface area contributed by atoms with Gasteiger partial charge < -0.3 is 23.8 Å². The third kappa shape index (κ3) is 33.2. The largest absolute Gasteiger partial charge is 0.477 e. The van der Waals surface area contributed by atoms with Crippen LogP contribution < -0.4 is 0 Å². The number of aliphatic carboxylic acids is 1. The lowest BCUT2D eigenvalue weighted by atomic mass is 10.0. The first-order valence-corrected chi connectivity index (χ1v) is 20.5. The second-order valence-corrected chi connectivity index (χ2v) is 14.9. The number of quaternary nitrogens is 1. The molecule has 2 unspecified atom stereocenters. The van der Waals surface area contributed by atoms with Gasteiger partial charge in [-0.25, -0.2) is 4.79 Å². The van der Waals surface area contributed by atoms with Gasteiger partial charge in [0, 0.05) is 19.3 Å². The van der Waals surface area contributed by atoms with Crippen molar-refractivity contribution in [1.29, 1.82) is 0 Å². The Labute approximate surface area is 313 Å². The second-order valence-electron chi connectivity index (χ2n) is 14.9. The van der Waals surface area contributed by atoms with Gasteiger partial charge in [-0.15, -0.1) is 0 Å². The minimum atomic E-state index is -0.878. The molecule has 0 amide bonds. The van der Waals surface area contributed by atoms with E-state index >= 15 is 0 Å². The highest BCUT2D eigenvalue weighted by molar-refractivity contribution is 5.72. The van der Waals surface area contributed by atoms with Gasteiger partial charge >= 0.3 is 17.9 Å². The second kappa shape index (κ2) is 34.6. The molecule has 0 aliphatic heterocycles. The van der Waals surface area contributed by atoms with Gasteiger partial charge in [-0.2, -0.15) is 0 Å². The molecule has 8 heteroatoms. The molecular weight excluding hydrogens is 642 g/mol. The average molecular weight is 721 g/mol. The normalized spacial score (nSPS) is 13.4. The molecule has 0 bridgehead atoms. The molecule has 0 saturated heterocycles. The zero-order chi connectivity index (χ0) is 37.8. The Morgan fingerprint density at radius 2 is 1.10 bits per heavy atom. The van der Waals surface area contributed by atoms with Crippen LogP contribution in [0.1, 0.15) is 168 Å². The first-order valence-electron chi connectivity index (χ1n) is 20.5. The lowest BCUT2D eigenvalue weighted by Crippen LogP contribution is -2.50. The van der Waals surface area contributed by atoms with Crippen LogP contribution in [0.4, 0.5) is 0 Å². The van der Waals surface area contributed by atoms with Crippen molar-refractivity contribution in [3.05, 3.63) is 36.5 Å². The van der Waals surface area contributed by atoms with Crippen LogP contribution >= 0.6 is 0 Å². The van der Waals surface area contributed by atoms with Crippen LogP contribution in [0.3, 0.4) is 0 Å².